The van der Waals surface area contributed by atoms with Gasteiger partial charge in [0.05, 0.1) is 6.10 Å². The third-order valence-corrected chi connectivity index (χ3v) is 2.17. The Bertz CT molecular complexity index is 352. The zero-order valence-electron chi connectivity index (χ0n) is 10.3. The van der Waals surface area contributed by atoms with E-state index in [9.17, 15) is 5.11 Å². The van der Waals surface area contributed by atoms with Crippen LogP contribution >= 0.6 is 0 Å². The van der Waals surface area contributed by atoms with Gasteiger partial charge in [-0.05, 0) is 27.7 Å². The van der Waals surface area contributed by atoms with Crippen LogP contribution in [0.25, 0.3) is 0 Å². The smallest absolute Gasteiger partial charge is 0.134 e. The molecule has 1 rings (SSSR count). The van der Waals surface area contributed by atoms with Gasteiger partial charge in [-0.2, -0.15) is 0 Å². The van der Waals surface area contributed by atoms with Crippen molar-refractivity contribution in [2.75, 3.05) is 23.7 Å². The van der Waals surface area contributed by atoms with Gasteiger partial charge in [0.2, 0.25) is 0 Å². The SMILES string of the molecule is CCNc1nc(C)nc(NCC(C)O)c1C. The maximum absolute atomic E-state index is 9.23. The van der Waals surface area contributed by atoms with Crippen LogP contribution in [0, 0.1) is 13.8 Å². The summed E-state index contributed by atoms with van der Waals surface area (Å²) >= 11 is 0. The van der Waals surface area contributed by atoms with E-state index in [0.29, 0.717) is 6.54 Å². The summed E-state index contributed by atoms with van der Waals surface area (Å²) in [5.74, 6) is 2.35. The van der Waals surface area contributed by atoms with Crippen molar-refractivity contribution in [2.45, 2.75) is 33.8 Å². The highest BCUT2D eigenvalue weighted by Crippen LogP contribution is 2.19. The fourth-order valence-corrected chi connectivity index (χ4v) is 1.38. The van der Waals surface area contributed by atoms with Crippen molar-refractivity contribution in [2.24, 2.45) is 0 Å². The summed E-state index contributed by atoms with van der Waals surface area (Å²) in [4.78, 5) is 8.64. The second-order valence-electron chi connectivity index (χ2n) is 3.85. The highest BCUT2D eigenvalue weighted by atomic mass is 16.3. The molecule has 1 aromatic rings. The minimum absolute atomic E-state index is 0.391. The summed E-state index contributed by atoms with van der Waals surface area (Å²) in [6.45, 7) is 8.90. The van der Waals surface area contributed by atoms with Gasteiger partial charge in [-0.25, -0.2) is 9.97 Å². The lowest BCUT2D eigenvalue weighted by Gasteiger charge is -2.14. The molecule has 0 saturated heterocycles. The van der Waals surface area contributed by atoms with Crippen molar-refractivity contribution in [1.29, 1.82) is 0 Å². The molecule has 5 heteroatoms. The number of aliphatic hydroxyl groups excluding tert-OH is 1. The Morgan fingerprint density at radius 3 is 2.25 bits per heavy atom. The molecule has 0 amide bonds. The van der Waals surface area contributed by atoms with E-state index < -0.39 is 6.10 Å². The molecule has 0 aliphatic heterocycles. The van der Waals surface area contributed by atoms with Gasteiger partial charge in [0.25, 0.3) is 0 Å². The number of nitrogens with one attached hydrogen (secondary N) is 2. The van der Waals surface area contributed by atoms with Crippen LogP contribution in [0.3, 0.4) is 0 Å². The van der Waals surface area contributed by atoms with Gasteiger partial charge in [-0.15, -0.1) is 0 Å². The highest BCUT2D eigenvalue weighted by Gasteiger charge is 2.08. The number of nitrogens with zero attached hydrogens (tertiary/aromatic N) is 2. The van der Waals surface area contributed by atoms with Crippen molar-refractivity contribution >= 4 is 11.6 Å². The summed E-state index contributed by atoms with van der Waals surface area (Å²) in [5, 5.41) is 15.5. The fraction of sp³-hybridized carbons (Fsp3) is 0.636. The molecule has 16 heavy (non-hydrogen) atoms. The zero-order valence-corrected chi connectivity index (χ0v) is 10.3. The Labute approximate surface area is 96.3 Å². The molecule has 0 saturated carbocycles. The van der Waals surface area contributed by atoms with Crippen LogP contribution in [-0.2, 0) is 0 Å². The number of aliphatic hydroxyl groups is 1. The predicted molar refractivity (Wildman–Crippen MR) is 65.8 cm³/mol. The van der Waals surface area contributed by atoms with Crippen molar-refractivity contribution in [3.05, 3.63) is 11.4 Å². The van der Waals surface area contributed by atoms with Crippen LogP contribution in [0.15, 0.2) is 0 Å². The second-order valence-corrected chi connectivity index (χ2v) is 3.85. The van der Waals surface area contributed by atoms with Crippen molar-refractivity contribution in [3.63, 3.8) is 0 Å². The minimum atomic E-state index is -0.391. The van der Waals surface area contributed by atoms with E-state index in [1.54, 1.807) is 6.92 Å². The lowest BCUT2D eigenvalue weighted by molar-refractivity contribution is 0.208. The maximum atomic E-state index is 9.23. The molecule has 0 aliphatic rings. The standard InChI is InChI=1S/C11H20N4O/c1-5-12-10-8(3)11(13-6-7(2)16)15-9(4)14-10/h7,16H,5-6H2,1-4H3,(H2,12,13,14,15). The summed E-state index contributed by atoms with van der Waals surface area (Å²) in [7, 11) is 0. The molecule has 1 atom stereocenters. The minimum Gasteiger partial charge on any atom is -0.392 e. The third-order valence-electron chi connectivity index (χ3n) is 2.17. The van der Waals surface area contributed by atoms with Crippen LogP contribution < -0.4 is 10.6 Å². The number of aryl methyl sites for hydroxylation is 1. The van der Waals surface area contributed by atoms with Crippen LogP contribution in [0.4, 0.5) is 11.6 Å². The first kappa shape index (κ1) is 12.7. The average molecular weight is 224 g/mol. The van der Waals surface area contributed by atoms with E-state index in [1.807, 2.05) is 20.8 Å². The molecule has 0 bridgehead atoms. The highest BCUT2D eigenvalue weighted by molar-refractivity contribution is 5.57. The number of hydrogen-bond donors (Lipinski definition) is 3. The quantitative estimate of drug-likeness (QED) is 0.703. The van der Waals surface area contributed by atoms with E-state index >= 15 is 0 Å². The van der Waals surface area contributed by atoms with Gasteiger partial charge in [0.15, 0.2) is 0 Å². The van der Waals surface area contributed by atoms with Crippen molar-refractivity contribution < 1.29 is 5.11 Å². The van der Waals surface area contributed by atoms with E-state index in [0.717, 1.165) is 29.6 Å². The monoisotopic (exact) mass is 224 g/mol. The van der Waals surface area contributed by atoms with Crippen molar-refractivity contribution in [3.8, 4) is 0 Å². The topological polar surface area (TPSA) is 70.1 Å². The number of hydrogen-bond acceptors (Lipinski definition) is 5. The van der Waals surface area contributed by atoms with Gasteiger partial charge in [0.1, 0.15) is 17.5 Å². The molecular weight excluding hydrogens is 204 g/mol. The molecule has 0 spiro atoms. The van der Waals surface area contributed by atoms with E-state index in [4.69, 9.17) is 0 Å². The normalized spacial score (nSPS) is 12.3. The van der Waals surface area contributed by atoms with Crippen LogP contribution in [0.5, 0.6) is 0 Å². The second kappa shape index (κ2) is 5.65. The molecule has 0 aromatic carbocycles. The van der Waals surface area contributed by atoms with Gasteiger partial charge in [-0.3, -0.25) is 0 Å². The number of rotatable bonds is 5. The maximum Gasteiger partial charge on any atom is 0.134 e. The van der Waals surface area contributed by atoms with Gasteiger partial charge >= 0.3 is 0 Å². The Hall–Kier alpha value is -1.36. The summed E-state index contributed by atoms with van der Waals surface area (Å²) in [5.41, 5.74) is 0.980. The molecule has 0 radical (unpaired) electrons. The molecule has 1 aromatic heterocycles. The summed E-state index contributed by atoms with van der Waals surface area (Å²) in [6, 6.07) is 0. The van der Waals surface area contributed by atoms with Gasteiger partial charge in [0, 0.05) is 18.7 Å². The number of aromatic nitrogens is 2. The molecule has 90 valence electrons. The number of anilines is 2. The van der Waals surface area contributed by atoms with Crippen LogP contribution in [0.1, 0.15) is 25.2 Å². The largest absolute Gasteiger partial charge is 0.392 e. The van der Waals surface area contributed by atoms with Gasteiger partial charge < -0.3 is 15.7 Å². The Balaban J connectivity index is 2.90. The molecule has 1 heterocycles. The Morgan fingerprint density at radius 2 is 1.75 bits per heavy atom. The molecule has 1 unspecified atom stereocenters. The Kier molecular flexibility index (Phi) is 4.49. The average Bonchev–Trinajstić information content (AvgIpc) is 2.21. The third kappa shape index (κ3) is 3.34. The van der Waals surface area contributed by atoms with E-state index in [1.165, 1.54) is 0 Å². The predicted octanol–water partition coefficient (Wildman–Crippen LogP) is 1.32. The van der Waals surface area contributed by atoms with Crippen LogP contribution in [-0.4, -0.2) is 34.3 Å². The summed E-state index contributed by atoms with van der Waals surface area (Å²) in [6.07, 6.45) is -0.391. The fourth-order valence-electron chi connectivity index (χ4n) is 1.38. The first-order valence-corrected chi connectivity index (χ1v) is 5.55. The first-order valence-electron chi connectivity index (χ1n) is 5.55. The molecule has 3 N–H and O–H groups in total. The first-order chi connectivity index (χ1) is 7.54. The molecule has 0 aliphatic carbocycles. The lowest BCUT2D eigenvalue weighted by Crippen LogP contribution is -2.18. The van der Waals surface area contributed by atoms with E-state index in [2.05, 4.69) is 20.6 Å². The van der Waals surface area contributed by atoms with Gasteiger partial charge in [-0.1, -0.05) is 0 Å². The Morgan fingerprint density at radius 1 is 1.19 bits per heavy atom. The molecule has 0 fully saturated rings. The zero-order chi connectivity index (χ0) is 12.1. The molecular formula is C11H20N4O. The van der Waals surface area contributed by atoms with Crippen molar-refractivity contribution in [1.82, 2.24) is 9.97 Å². The van der Waals surface area contributed by atoms with Crippen LogP contribution in [0.2, 0.25) is 0 Å². The lowest BCUT2D eigenvalue weighted by atomic mass is 10.3. The summed E-state index contributed by atoms with van der Waals surface area (Å²) < 4.78 is 0. The van der Waals surface area contributed by atoms with E-state index in [-0.39, 0.29) is 0 Å². The molecule has 5 nitrogen and oxygen atoms in total.